The Morgan fingerprint density at radius 3 is 3.00 bits per heavy atom. The first-order chi connectivity index (χ1) is 7.63. The van der Waals surface area contributed by atoms with Crippen LogP contribution in [0.4, 0.5) is 0 Å². The predicted octanol–water partition coefficient (Wildman–Crippen LogP) is 0.115. The molecule has 2 N–H and O–H groups in total. The van der Waals surface area contributed by atoms with Gasteiger partial charge in [-0.3, -0.25) is 0 Å². The second-order valence-electron chi connectivity index (χ2n) is 3.38. The summed E-state index contributed by atoms with van der Waals surface area (Å²) in [6.45, 7) is 4.39. The van der Waals surface area contributed by atoms with E-state index >= 15 is 0 Å². The van der Waals surface area contributed by atoms with Crippen LogP contribution in [0, 0.1) is 0 Å². The van der Waals surface area contributed by atoms with Crippen molar-refractivity contribution in [3.63, 3.8) is 0 Å². The molecule has 80 valence electrons. The molecule has 0 saturated heterocycles. The van der Waals surface area contributed by atoms with Gasteiger partial charge in [0.05, 0.1) is 0 Å². The van der Waals surface area contributed by atoms with Crippen LogP contribution in [-0.4, -0.2) is 32.3 Å². The van der Waals surface area contributed by atoms with Crippen molar-refractivity contribution in [2.24, 2.45) is 5.73 Å². The van der Waals surface area contributed by atoms with E-state index in [4.69, 9.17) is 5.73 Å². The van der Waals surface area contributed by atoms with Crippen molar-refractivity contribution in [3.8, 4) is 0 Å². The number of aromatic nitrogens is 2. The molecule has 1 aromatic carbocycles. The van der Waals surface area contributed by atoms with Crippen LogP contribution in [0.3, 0.4) is 0 Å². The number of hydrogen-bond acceptors (Lipinski definition) is 2. The molecule has 16 heavy (non-hydrogen) atoms. The van der Waals surface area contributed by atoms with Crippen LogP contribution < -0.4 is 10.3 Å². The van der Waals surface area contributed by atoms with E-state index in [1.54, 1.807) is 18.2 Å². The number of primary amides is 1. The van der Waals surface area contributed by atoms with E-state index in [1.807, 2.05) is 10.6 Å². The van der Waals surface area contributed by atoms with Crippen LogP contribution in [0.15, 0.2) is 30.9 Å². The number of amides is 1. The number of allylic oxidation sites excluding steroid dienone is 1. The number of rotatable bonds is 3. The molecule has 2 radical (unpaired) electrons. The van der Waals surface area contributed by atoms with Gasteiger partial charge in [0.25, 0.3) is 0 Å². The van der Waals surface area contributed by atoms with Gasteiger partial charge in [0, 0.05) is 0 Å². The summed E-state index contributed by atoms with van der Waals surface area (Å²) in [4.78, 5) is 15.4. The number of benzene rings is 1. The minimum atomic E-state index is -0.438. The molecule has 4 nitrogen and oxygen atoms in total. The number of carbonyl (C=O) groups is 1. The molecule has 0 unspecified atom stereocenters. The third-order valence-electron chi connectivity index (χ3n) is 2.32. The van der Waals surface area contributed by atoms with Crippen LogP contribution in [0.2, 0.25) is 0 Å². The van der Waals surface area contributed by atoms with E-state index in [2.05, 4.69) is 28.4 Å². The van der Waals surface area contributed by atoms with Crippen molar-refractivity contribution in [2.45, 2.75) is 6.54 Å². The summed E-state index contributed by atoms with van der Waals surface area (Å²) in [6.07, 6.45) is 1.81. The van der Waals surface area contributed by atoms with Crippen LogP contribution in [0.25, 0.3) is 11.0 Å². The fourth-order valence-electron chi connectivity index (χ4n) is 1.58. The van der Waals surface area contributed by atoms with Crippen molar-refractivity contribution in [1.29, 1.82) is 0 Å². The van der Waals surface area contributed by atoms with Gasteiger partial charge in [0.15, 0.2) is 0 Å². The Kier molecular flexibility index (Phi) is 2.84. The molecule has 1 aromatic heterocycles. The fraction of sp³-hybridized carbons (Fsp3) is 0.0909. The van der Waals surface area contributed by atoms with E-state index in [9.17, 15) is 4.79 Å². The van der Waals surface area contributed by atoms with Gasteiger partial charge in [0.1, 0.15) is 0 Å². The second-order valence-corrected chi connectivity index (χ2v) is 4.22. The maximum absolute atomic E-state index is 11.0. The number of nitrogens with zero attached hydrogens (tertiary/aromatic N) is 2. The zero-order valence-electron chi connectivity index (χ0n) is 8.55. The molecule has 2 aromatic rings. The Balaban J connectivity index is 2.64. The first kappa shape index (κ1) is 11.0. The van der Waals surface area contributed by atoms with Gasteiger partial charge in [-0.15, -0.1) is 0 Å². The topological polar surface area (TPSA) is 60.9 Å². The molecule has 2 rings (SSSR count). The van der Waals surface area contributed by atoms with Gasteiger partial charge in [-0.25, -0.2) is 0 Å². The SMILES string of the molecule is C=CCn1c([As])nc2cc(C(N)=O)ccc21. The first-order valence-electron chi connectivity index (χ1n) is 4.73. The summed E-state index contributed by atoms with van der Waals surface area (Å²) in [5, 5.41) is 0. The van der Waals surface area contributed by atoms with Crippen molar-refractivity contribution in [2.75, 3.05) is 0 Å². The Morgan fingerprint density at radius 2 is 2.38 bits per heavy atom. The number of carbonyl (C=O) groups excluding carboxylic acids is 1. The van der Waals surface area contributed by atoms with Crippen LogP contribution >= 0.6 is 0 Å². The van der Waals surface area contributed by atoms with Gasteiger partial charge in [-0.05, 0) is 0 Å². The molecule has 0 aliphatic heterocycles. The predicted molar refractivity (Wildman–Crippen MR) is 63.8 cm³/mol. The summed E-state index contributed by atoms with van der Waals surface area (Å²) in [7, 11) is 0. The molecule has 1 heterocycles. The van der Waals surface area contributed by atoms with Gasteiger partial charge in [0.2, 0.25) is 0 Å². The number of imidazole rings is 1. The first-order valence-corrected chi connectivity index (χ1v) is 5.67. The zero-order valence-corrected chi connectivity index (χ0v) is 10.4. The Bertz CT molecular complexity index is 574. The van der Waals surface area contributed by atoms with Gasteiger partial charge >= 0.3 is 101 Å². The normalized spacial score (nSPS) is 10.6. The van der Waals surface area contributed by atoms with E-state index in [1.165, 1.54) is 0 Å². The average molecular weight is 275 g/mol. The van der Waals surface area contributed by atoms with Crippen LogP contribution in [0.5, 0.6) is 0 Å². The Morgan fingerprint density at radius 1 is 1.62 bits per heavy atom. The quantitative estimate of drug-likeness (QED) is 0.638. The van der Waals surface area contributed by atoms with E-state index in [0.717, 1.165) is 15.6 Å². The van der Waals surface area contributed by atoms with Gasteiger partial charge in [-0.2, -0.15) is 0 Å². The molecule has 0 saturated carbocycles. The number of nitrogens with two attached hydrogens (primary N) is 1. The van der Waals surface area contributed by atoms with Crippen LogP contribution in [0.1, 0.15) is 10.4 Å². The van der Waals surface area contributed by atoms with Crippen LogP contribution in [-0.2, 0) is 6.54 Å². The minimum absolute atomic E-state index is 0.438. The summed E-state index contributed by atoms with van der Waals surface area (Å²) in [5.41, 5.74) is 7.43. The molecule has 0 atom stereocenters. The molecule has 0 bridgehead atoms. The maximum atomic E-state index is 11.0. The standard InChI is InChI=1S/C11H10AsN3O/c1-2-5-15-9-4-3-7(10(13)16)6-8(9)14-11(15)12/h2-4,6H,1,5H2,(H2,13,16). The number of fused-ring (bicyclic) bond motifs is 1. The second kappa shape index (κ2) is 4.14. The number of hydrogen-bond donors (Lipinski definition) is 1. The molecule has 0 spiro atoms. The van der Waals surface area contributed by atoms with Crippen molar-refractivity contribution in [3.05, 3.63) is 36.4 Å². The summed E-state index contributed by atoms with van der Waals surface area (Å²) in [6, 6.07) is 5.26. The Hall–Kier alpha value is -1.54. The van der Waals surface area contributed by atoms with E-state index < -0.39 is 5.91 Å². The summed E-state index contributed by atoms with van der Waals surface area (Å²) >= 11 is 2.40. The third-order valence-corrected chi connectivity index (χ3v) is 3.04. The Labute approximate surface area is 102 Å². The molecule has 0 fully saturated rings. The molecule has 0 aliphatic rings. The molecular formula is C11H10AsN3O. The van der Waals surface area contributed by atoms with Crippen molar-refractivity contribution < 1.29 is 4.79 Å². The molecule has 5 heteroatoms. The molecule has 1 amide bonds. The summed E-state index contributed by atoms with van der Waals surface area (Å²) < 4.78 is 2.84. The van der Waals surface area contributed by atoms with Crippen molar-refractivity contribution >= 4 is 38.4 Å². The van der Waals surface area contributed by atoms with E-state index in [0.29, 0.717) is 12.1 Å². The zero-order chi connectivity index (χ0) is 11.7. The monoisotopic (exact) mass is 275 g/mol. The molecular weight excluding hydrogens is 265 g/mol. The fourth-order valence-corrected chi connectivity index (χ4v) is 2.20. The summed E-state index contributed by atoms with van der Waals surface area (Å²) in [5.74, 6) is -0.438. The van der Waals surface area contributed by atoms with Crippen molar-refractivity contribution in [1.82, 2.24) is 9.55 Å². The molecule has 0 aliphatic carbocycles. The van der Waals surface area contributed by atoms with E-state index in [-0.39, 0.29) is 0 Å². The average Bonchev–Trinajstić information content (AvgIpc) is 2.55. The third kappa shape index (κ3) is 1.76. The van der Waals surface area contributed by atoms with Gasteiger partial charge < -0.3 is 0 Å². The van der Waals surface area contributed by atoms with Gasteiger partial charge in [-0.1, -0.05) is 0 Å².